The summed E-state index contributed by atoms with van der Waals surface area (Å²) in [5.74, 6) is -0.502. The molecule has 1 unspecified atom stereocenters. The van der Waals surface area contributed by atoms with Crippen molar-refractivity contribution < 1.29 is 14.4 Å². The van der Waals surface area contributed by atoms with Crippen LogP contribution in [0.1, 0.15) is 32.9 Å². The molecule has 136 valence electrons. The number of hydrogen-bond acceptors (Lipinski definition) is 4. The lowest BCUT2D eigenvalue weighted by molar-refractivity contribution is -0.121. The minimum absolute atomic E-state index is 0.00701. The van der Waals surface area contributed by atoms with E-state index in [2.05, 4.69) is 10.6 Å². The van der Waals surface area contributed by atoms with Gasteiger partial charge in [0.1, 0.15) is 0 Å². The third-order valence-corrected chi connectivity index (χ3v) is 5.31. The van der Waals surface area contributed by atoms with Gasteiger partial charge in [-0.1, -0.05) is 6.07 Å². The predicted octanol–water partition coefficient (Wildman–Crippen LogP) is 2.60. The van der Waals surface area contributed by atoms with E-state index in [1.54, 1.807) is 36.2 Å². The maximum atomic E-state index is 12.6. The normalized spacial score (nSPS) is 16.8. The number of nitrogens with one attached hydrogen (secondary N) is 2. The average Bonchev–Trinajstić information content (AvgIpc) is 3.22. The smallest absolute Gasteiger partial charge is 0.263 e. The van der Waals surface area contributed by atoms with E-state index in [4.69, 9.17) is 0 Å². The highest BCUT2D eigenvalue weighted by Gasteiger charge is 2.29. The van der Waals surface area contributed by atoms with Gasteiger partial charge >= 0.3 is 0 Å². The van der Waals surface area contributed by atoms with Crippen molar-refractivity contribution in [3.63, 3.8) is 0 Å². The van der Waals surface area contributed by atoms with Crippen LogP contribution in [0.3, 0.4) is 0 Å². The number of piperidine rings is 1. The predicted molar refractivity (Wildman–Crippen MR) is 101 cm³/mol. The third kappa shape index (κ3) is 4.11. The molecule has 7 heteroatoms. The van der Waals surface area contributed by atoms with E-state index < -0.39 is 0 Å². The molecule has 1 aromatic heterocycles. The van der Waals surface area contributed by atoms with Gasteiger partial charge in [-0.2, -0.15) is 0 Å². The lowest BCUT2D eigenvalue weighted by Gasteiger charge is -2.31. The Bertz CT molecular complexity index is 787. The molecule has 0 spiro atoms. The number of rotatable bonds is 4. The second-order valence-electron chi connectivity index (χ2n) is 6.21. The van der Waals surface area contributed by atoms with Crippen molar-refractivity contribution in [3.05, 3.63) is 52.2 Å². The van der Waals surface area contributed by atoms with Crippen LogP contribution in [-0.4, -0.2) is 42.8 Å². The van der Waals surface area contributed by atoms with E-state index in [9.17, 15) is 14.4 Å². The van der Waals surface area contributed by atoms with Gasteiger partial charge in [0, 0.05) is 31.4 Å². The third-order valence-electron chi connectivity index (χ3n) is 4.45. The van der Waals surface area contributed by atoms with Gasteiger partial charge in [0.05, 0.1) is 10.8 Å². The Morgan fingerprint density at radius 1 is 1.15 bits per heavy atom. The fraction of sp³-hybridized carbons (Fsp3) is 0.316. The number of hydrogen-bond donors (Lipinski definition) is 2. The van der Waals surface area contributed by atoms with Gasteiger partial charge in [-0.25, -0.2) is 0 Å². The maximum Gasteiger partial charge on any atom is 0.263 e. The Morgan fingerprint density at radius 2 is 1.92 bits per heavy atom. The molecule has 0 bridgehead atoms. The van der Waals surface area contributed by atoms with Gasteiger partial charge in [-0.15, -0.1) is 11.3 Å². The Labute approximate surface area is 156 Å². The molecule has 2 heterocycles. The maximum absolute atomic E-state index is 12.6. The van der Waals surface area contributed by atoms with Crippen LogP contribution in [-0.2, 0) is 4.79 Å². The van der Waals surface area contributed by atoms with Gasteiger partial charge in [0.25, 0.3) is 11.8 Å². The Balaban J connectivity index is 1.60. The van der Waals surface area contributed by atoms with Crippen LogP contribution in [0.25, 0.3) is 0 Å². The van der Waals surface area contributed by atoms with Crippen molar-refractivity contribution in [2.24, 2.45) is 5.92 Å². The first kappa shape index (κ1) is 18.1. The summed E-state index contributed by atoms with van der Waals surface area (Å²) in [6, 6.07) is 10.4. The number of carbonyl (C=O) groups is 3. The Hall–Kier alpha value is -2.67. The van der Waals surface area contributed by atoms with Gasteiger partial charge in [-0.05, 0) is 48.6 Å². The van der Waals surface area contributed by atoms with Crippen LogP contribution in [0, 0.1) is 5.92 Å². The van der Waals surface area contributed by atoms with Crippen molar-refractivity contribution >= 4 is 34.7 Å². The Morgan fingerprint density at radius 3 is 2.58 bits per heavy atom. The molecule has 0 aliphatic carbocycles. The SMILES string of the molecule is CNC(=O)c1ccc(NC(=O)C2CCCN(C(=O)c3cccs3)C2)cc1. The fourth-order valence-electron chi connectivity index (χ4n) is 3.03. The van der Waals surface area contributed by atoms with Crippen LogP contribution in [0.15, 0.2) is 41.8 Å². The minimum atomic E-state index is -0.230. The summed E-state index contributed by atoms with van der Waals surface area (Å²) in [7, 11) is 1.57. The van der Waals surface area contributed by atoms with E-state index >= 15 is 0 Å². The second-order valence-corrected chi connectivity index (χ2v) is 7.16. The zero-order valence-corrected chi connectivity index (χ0v) is 15.3. The zero-order valence-electron chi connectivity index (χ0n) is 14.5. The summed E-state index contributed by atoms with van der Waals surface area (Å²) in [4.78, 5) is 39.1. The van der Waals surface area contributed by atoms with Crippen molar-refractivity contribution in [2.75, 3.05) is 25.5 Å². The van der Waals surface area contributed by atoms with E-state index in [1.807, 2.05) is 17.5 Å². The molecular weight excluding hydrogens is 350 g/mol. The van der Waals surface area contributed by atoms with Crippen LogP contribution in [0.2, 0.25) is 0 Å². The molecule has 1 fully saturated rings. The molecule has 26 heavy (non-hydrogen) atoms. The number of nitrogens with zero attached hydrogens (tertiary/aromatic N) is 1. The number of carbonyl (C=O) groups excluding carboxylic acids is 3. The van der Waals surface area contributed by atoms with Crippen molar-refractivity contribution in [1.82, 2.24) is 10.2 Å². The summed E-state index contributed by atoms with van der Waals surface area (Å²) in [6.45, 7) is 1.11. The molecule has 1 aromatic carbocycles. The highest BCUT2D eigenvalue weighted by Crippen LogP contribution is 2.22. The number of thiophene rings is 1. The van der Waals surface area contributed by atoms with Gasteiger partial charge in [0.2, 0.25) is 5.91 Å². The topological polar surface area (TPSA) is 78.5 Å². The van der Waals surface area contributed by atoms with Crippen LogP contribution < -0.4 is 10.6 Å². The van der Waals surface area contributed by atoms with E-state index in [1.165, 1.54) is 11.3 Å². The molecule has 2 N–H and O–H groups in total. The summed E-state index contributed by atoms with van der Waals surface area (Å²) >= 11 is 1.42. The summed E-state index contributed by atoms with van der Waals surface area (Å²) in [5, 5.41) is 7.32. The highest BCUT2D eigenvalue weighted by molar-refractivity contribution is 7.12. The molecule has 6 nitrogen and oxygen atoms in total. The first-order chi connectivity index (χ1) is 12.6. The lowest BCUT2D eigenvalue weighted by atomic mass is 9.96. The Kier molecular flexibility index (Phi) is 5.68. The zero-order chi connectivity index (χ0) is 18.5. The molecule has 3 amide bonds. The van der Waals surface area contributed by atoms with Gasteiger partial charge in [0.15, 0.2) is 0 Å². The van der Waals surface area contributed by atoms with Crippen LogP contribution in [0.4, 0.5) is 5.69 Å². The second kappa shape index (κ2) is 8.14. The first-order valence-corrected chi connectivity index (χ1v) is 9.42. The summed E-state index contributed by atoms with van der Waals surface area (Å²) in [5.41, 5.74) is 1.18. The molecule has 0 radical (unpaired) electrons. The number of benzene rings is 1. The molecule has 1 aliphatic rings. The lowest BCUT2D eigenvalue weighted by Crippen LogP contribution is -2.43. The molecule has 0 saturated carbocycles. The van der Waals surface area contributed by atoms with Gasteiger partial charge in [-0.3, -0.25) is 14.4 Å². The largest absolute Gasteiger partial charge is 0.355 e. The minimum Gasteiger partial charge on any atom is -0.355 e. The number of likely N-dealkylation sites (tertiary alicyclic amines) is 1. The molecule has 1 aliphatic heterocycles. The fourth-order valence-corrected chi connectivity index (χ4v) is 3.72. The van der Waals surface area contributed by atoms with Gasteiger partial charge < -0.3 is 15.5 Å². The summed E-state index contributed by atoms with van der Waals surface area (Å²) in [6.07, 6.45) is 1.57. The van der Waals surface area contributed by atoms with Crippen LogP contribution >= 0.6 is 11.3 Å². The van der Waals surface area contributed by atoms with Crippen molar-refractivity contribution in [3.8, 4) is 0 Å². The first-order valence-electron chi connectivity index (χ1n) is 8.54. The molecule has 1 atom stereocenters. The quantitative estimate of drug-likeness (QED) is 0.867. The molecule has 2 aromatic rings. The van der Waals surface area contributed by atoms with Crippen molar-refractivity contribution in [2.45, 2.75) is 12.8 Å². The number of anilines is 1. The van der Waals surface area contributed by atoms with E-state index in [-0.39, 0.29) is 23.6 Å². The van der Waals surface area contributed by atoms with E-state index in [0.29, 0.717) is 29.2 Å². The van der Waals surface area contributed by atoms with Crippen molar-refractivity contribution in [1.29, 1.82) is 0 Å². The monoisotopic (exact) mass is 371 g/mol. The average molecular weight is 371 g/mol. The standard InChI is InChI=1S/C19H21N3O3S/c1-20-17(23)13-6-8-15(9-7-13)21-18(24)14-4-2-10-22(12-14)19(25)16-5-3-11-26-16/h3,5-9,11,14H,2,4,10,12H2,1H3,(H,20,23)(H,21,24). The number of amides is 3. The highest BCUT2D eigenvalue weighted by atomic mass is 32.1. The molecule has 1 saturated heterocycles. The summed E-state index contributed by atoms with van der Waals surface area (Å²) < 4.78 is 0. The molecular formula is C19H21N3O3S. The molecule has 3 rings (SSSR count). The van der Waals surface area contributed by atoms with E-state index in [0.717, 1.165) is 12.8 Å². The van der Waals surface area contributed by atoms with Crippen LogP contribution in [0.5, 0.6) is 0 Å².